The zero-order chi connectivity index (χ0) is 20.5. The van der Waals surface area contributed by atoms with E-state index in [0.717, 1.165) is 29.8 Å². The van der Waals surface area contributed by atoms with Gasteiger partial charge in [-0.05, 0) is 37.0 Å². The summed E-state index contributed by atoms with van der Waals surface area (Å²) in [7, 11) is 0. The molecule has 0 bridgehead atoms. The average molecular weight is 394 g/mol. The number of primary amides is 2. The smallest absolute Gasteiger partial charge is 0.252 e. The first-order valence-corrected chi connectivity index (χ1v) is 9.10. The number of nitrogens with one attached hydrogen (secondary N) is 2. The van der Waals surface area contributed by atoms with E-state index in [1.165, 1.54) is 0 Å². The maximum Gasteiger partial charge on any atom is 0.252 e. The van der Waals surface area contributed by atoms with Crippen molar-refractivity contribution in [2.24, 2.45) is 17.4 Å². The first kappa shape index (κ1) is 18.6. The standard InChI is InChI=1S/C20H19FN6O2/c21-14-8-13(17(22)28)19(27-20(14)26-16(18(23)29)10-5-6-10)25-12-7-11-3-1-2-4-15(11)24-9-12/h1-4,7-10,16H,5-6H2,(H2,22,28)(H2,23,29)(H2,25,26,27). The van der Waals surface area contributed by atoms with Crippen molar-refractivity contribution in [1.29, 1.82) is 0 Å². The van der Waals surface area contributed by atoms with Gasteiger partial charge in [0.2, 0.25) is 5.91 Å². The van der Waals surface area contributed by atoms with Crippen LogP contribution in [0.4, 0.5) is 21.7 Å². The maximum absolute atomic E-state index is 14.5. The number of anilines is 3. The van der Waals surface area contributed by atoms with Crippen molar-refractivity contribution in [3.8, 4) is 0 Å². The van der Waals surface area contributed by atoms with Crippen molar-refractivity contribution in [1.82, 2.24) is 9.97 Å². The molecule has 1 aromatic carbocycles. The number of benzene rings is 1. The Labute approximate surface area is 165 Å². The van der Waals surface area contributed by atoms with E-state index in [2.05, 4.69) is 20.6 Å². The van der Waals surface area contributed by atoms with Crippen molar-refractivity contribution < 1.29 is 14.0 Å². The third-order valence-corrected chi connectivity index (χ3v) is 4.79. The van der Waals surface area contributed by atoms with Crippen LogP contribution in [0.15, 0.2) is 42.6 Å². The molecule has 1 unspecified atom stereocenters. The molecule has 2 aromatic heterocycles. The molecule has 1 fully saturated rings. The number of fused-ring (bicyclic) bond motifs is 1. The summed E-state index contributed by atoms with van der Waals surface area (Å²) in [6.07, 6.45) is 3.23. The van der Waals surface area contributed by atoms with Gasteiger partial charge in [0.15, 0.2) is 11.6 Å². The minimum absolute atomic E-state index is 0.0469. The quantitative estimate of drug-likeness (QED) is 0.485. The van der Waals surface area contributed by atoms with Crippen LogP contribution in [0, 0.1) is 11.7 Å². The predicted octanol–water partition coefficient (Wildman–Crippen LogP) is 2.29. The lowest BCUT2D eigenvalue weighted by Gasteiger charge is -2.18. The molecule has 2 heterocycles. The van der Waals surface area contributed by atoms with E-state index in [1.807, 2.05) is 30.3 Å². The molecule has 1 saturated carbocycles. The number of carbonyl (C=O) groups excluding carboxylic acids is 2. The molecule has 0 saturated heterocycles. The Balaban J connectivity index is 1.69. The van der Waals surface area contributed by atoms with E-state index in [9.17, 15) is 14.0 Å². The van der Waals surface area contributed by atoms with Crippen LogP contribution in [0.25, 0.3) is 10.9 Å². The molecule has 3 aromatic rings. The molecular weight excluding hydrogens is 375 g/mol. The molecule has 6 N–H and O–H groups in total. The van der Waals surface area contributed by atoms with Crippen molar-refractivity contribution in [2.75, 3.05) is 10.6 Å². The van der Waals surface area contributed by atoms with E-state index in [0.29, 0.717) is 5.69 Å². The summed E-state index contributed by atoms with van der Waals surface area (Å²) < 4.78 is 14.5. The van der Waals surface area contributed by atoms with E-state index < -0.39 is 23.7 Å². The molecule has 0 radical (unpaired) electrons. The number of amides is 2. The fourth-order valence-corrected chi connectivity index (χ4v) is 3.15. The van der Waals surface area contributed by atoms with Crippen LogP contribution in [-0.4, -0.2) is 27.8 Å². The van der Waals surface area contributed by atoms with Gasteiger partial charge in [-0.25, -0.2) is 9.37 Å². The highest BCUT2D eigenvalue weighted by molar-refractivity contribution is 5.99. The van der Waals surface area contributed by atoms with Crippen LogP contribution in [0.2, 0.25) is 0 Å². The highest BCUT2D eigenvalue weighted by Crippen LogP contribution is 2.35. The first-order chi connectivity index (χ1) is 13.9. The number of pyridine rings is 2. The summed E-state index contributed by atoms with van der Waals surface area (Å²) in [5.74, 6) is -2.30. The van der Waals surface area contributed by atoms with Gasteiger partial charge in [-0.15, -0.1) is 0 Å². The highest BCUT2D eigenvalue weighted by Gasteiger charge is 2.36. The minimum Gasteiger partial charge on any atom is -0.368 e. The molecule has 9 heteroatoms. The maximum atomic E-state index is 14.5. The van der Waals surface area contributed by atoms with Crippen LogP contribution >= 0.6 is 0 Å². The van der Waals surface area contributed by atoms with Gasteiger partial charge in [0, 0.05) is 5.39 Å². The monoisotopic (exact) mass is 394 g/mol. The van der Waals surface area contributed by atoms with Crippen molar-refractivity contribution >= 4 is 40.0 Å². The molecule has 2 amide bonds. The fourth-order valence-electron chi connectivity index (χ4n) is 3.15. The third kappa shape index (κ3) is 3.93. The van der Waals surface area contributed by atoms with Crippen molar-refractivity contribution in [3.63, 3.8) is 0 Å². The number of para-hydroxylation sites is 1. The van der Waals surface area contributed by atoms with Gasteiger partial charge >= 0.3 is 0 Å². The number of nitrogens with two attached hydrogens (primary N) is 2. The summed E-state index contributed by atoms with van der Waals surface area (Å²) >= 11 is 0. The molecule has 8 nitrogen and oxygen atoms in total. The molecule has 0 spiro atoms. The van der Waals surface area contributed by atoms with Crippen LogP contribution in [0.3, 0.4) is 0 Å². The van der Waals surface area contributed by atoms with Gasteiger partial charge in [0.1, 0.15) is 11.9 Å². The molecule has 148 valence electrons. The number of aromatic nitrogens is 2. The van der Waals surface area contributed by atoms with Gasteiger partial charge in [-0.2, -0.15) is 0 Å². The van der Waals surface area contributed by atoms with Gasteiger partial charge < -0.3 is 22.1 Å². The summed E-state index contributed by atoms with van der Waals surface area (Å²) in [6.45, 7) is 0. The first-order valence-electron chi connectivity index (χ1n) is 9.10. The van der Waals surface area contributed by atoms with Gasteiger partial charge in [0.05, 0.1) is 23.0 Å². The van der Waals surface area contributed by atoms with E-state index in [1.54, 1.807) is 6.20 Å². The Morgan fingerprint density at radius 2 is 1.90 bits per heavy atom. The average Bonchev–Trinajstić information content (AvgIpc) is 3.52. The second kappa shape index (κ2) is 7.34. The van der Waals surface area contributed by atoms with E-state index >= 15 is 0 Å². The Bertz CT molecular complexity index is 1120. The largest absolute Gasteiger partial charge is 0.368 e. The second-order valence-electron chi connectivity index (χ2n) is 6.98. The molecule has 0 aliphatic heterocycles. The number of hydrogen-bond donors (Lipinski definition) is 4. The zero-order valence-corrected chi connectivity index (χ0v) is 15.4. The lowest BCUT2D eigenvalue weighted by molar-refractivity contribution is -0.119. The Morgan fingerprint density at radius 3 is 2.59 bits per heavy atom. The van der Waals surface area contributed by atoms with Crippen molar-refractivity contribution in [2.45, 2.75) is 18.9 Å². The van der Waals surface area contributed by atoms with Crippen LogP contribution < -0.4 is 22.1 Å². The molecule has 29 heavy (non-hydrogen) atoms. The van der Waals surface area contributed by atoms with E-state index in [4.69, 9.17) is 11.5 Å². The number of halogens is 1. The van der Waals surface area contributed by atoms with Gasteiger partial charge in [-0.1, -0.05) is 18.2 Å². The number of carbonyl (C=O) groups is 2. The van der Waals surface area contributed by atoms with Gasteiger partial charge in [0.25, 0.3) is 5.91 Å². The van der Waals surface area contributed by atoms with E-state index in [-0.39, 0.29) is 23.1 Å². The molecular formula is C20H19FN6O2. The SMILES string of the molecule is NC(=O)c1cc(F)c(NC(C(N)=O)C2CC2)nc1Nc1cnc2ccccc2c1. The minimum atomic E-state index is -0.840. The second-order valence-corrected chi connectivity index (χ2v) is 6.98. The Morgan fingerprint density at radius 1 is 1.14 bits per heavy atom. The topological polar surface area (TPSA) is 136 Å². The van der Waals surface area contributed by atoms with Crippen LogP contribution in [0.5, 0.6) is 0 Å². The third-order valence-electron chi connectivity index (χ3n) is 4.79. The van der Waals surface area contributed by atoms with Crippen LogP contribution in [-0.2, 0) is 4.79 Å². The Hall–Kier alpha value is -3.75. The molecule has 1 aliphatic carbocycles. The molecule has 1 aliphatic rings. The predicted molar refractivity (Wildman–Crippen MR) is 107 cm³/mol. The number of rotatable bonds is 7. The van der Waals surface area contributed by atoms with Crippen LogP contribution in [0.1, 0.15) is 23.2 Å². The Kier molecular flexibility index (Phi) is 4.71. The van der Waals surface area contributed by atoms with Gasteiger partial charge in [-0.3, -0.25) is 14.6 Å². The van der Waals surface area contributed by atoms with Crippen molar-refractivity contribution in [3.05, 3.63) is 54.0 Å². The normalized spacial score (nSPS) is 14.4. The molecule has 4 rings (SSSR count). The fraction of sp³-hybridized carbons (Fsp3) is 0.200. The lowest BCUT2D eigenvalue weighted by Crippen LogP contribution is -2.37. The summed E-state index contributed by atoms with van der Waals surface area (Å²) in [6, 6.07) is 9.59. The lowest BCUT2D eigenvalue weighted by atomic mass is 10.1. The number of hydrogen-bond acceptors (Lipinski definition) is 6. The summed E-state index contributed by atoms with van der Waals surface area (Å²) in [5.41, 5.74) is 12.0. The molecule has 1 atom stereocenters. The number of nitrogens with zero attached hydrogens (tertiary/aromatic N) is 2. The highest BCUT2D eigenvalue weighted by atomic mass is 19.1. The summed E-state index contributed by atoms with van der Waals surface area (Å²) in [5, 5.41) is 6.60. The summed E-state index contributed by atoms with van der Waals surface area (Å²) in [4.78, 5) is 32.0. The zero-order valence-electron chi connectivity index (χ0n) is 15.4.